The van der Waals surface area contributed by atoms with Crippen LogP contribution in [0.3, 0.4) is 0 Å². The summed E-state index contributed by atoms with van der Waals surface area (Å²) >= 11 is 0. The Labute approximate surface area is 139 Å². The lowest BCUT2D eigenvalue weighted by Gasteiger charge is -2.06. The molecule has 0 amide bonds. The Morgan fingerprint density at radius 1 is 0.958 bits per heavy atom. The molecule has 1 N–H and O–H groups in total. The zero-order valence-corrected chi connectivity index (χ0v) is 13.6. The molecule has 0 aliphatic heterocycles. The number of hydrogen-bond acceptors (Lipinski definition) is 2. The number of para-hydroxylation sites is 1. The summed E-state index contributed by atoms with van der Waals surface area (Å²) in [5, 5.41) is 5.63. The third-order valence-corrected chi connectivity index (χ3v) is 4.21. The van der Waals surface area contributed by atoms with E-state index < -0.39 is 0 Å². The van der Waals surface area contributed by atoms with Crippen LogP contribution in [0.4, 0.5) is 0 Å². The van der Waals surface area contributed by atoms with Crippen LogP contribution >= 0.6 is 0 Å². The maximum atomic E-state index is 12.2. The minimum atomic E-state index is -0.129. The maximum Gasteiger partial charge on any atom is 0.250 e. The van der Waals surface area contributed by atoms with Crippen LogP contribution in [-0.4, -0.2) is 14.8 Å². The van der Waals surface area contributed by atoms with E-state index >= 15 is 0 Å². The average molecular weight is 315 g/mol. The van der Waals surface area contributed by atoms with Gasteiger partial charge in [0.25, 0.3) is 0 Å². The first-order chi connectivity index (χ1) is 11.6. The summed E-state index contributed by atoms with van der Waals surface area (Å²) < 4.78 is 1.80. The number of fused-ring (bicyclic) bond motifs is 1. The first-order valence-corrected chi connectivity index (χ1v) is 7.88. The Bertz CT molecular complexity index is 1070. The van der Waals surface area contributed by atoms with Crippen LogP contribution in [0.15, 0.2) is 65.5 Å². The lowest BCUT2D eigenvalue weighted by molar-refractivity contribution is 0.876. The molecule has 0 fully saturated rings. The number of aryl methyl sites for hydroxylation is 2. The smallest absolute Gasteiger partial charge is 0.250 e. The van der Waals surface area contributed by atoms with Crippen LogP contribution in [0, 0.1) is 13.8 Å². The quantitative estimate of drug-likeness (QED) is 0.608. The standard InChI is InChI=1S/C20H17N3O/c1-13-8-10-15(11-9-13)17-12-18(24)21-20-19(17)14(2)22-23(20)16-6-4-3-5-7-16/h3-12H,1-2H3,(H,21,24). The monoisotopic (exact) mass is 315 g/mol. The van der Waals surface area contributed by atoms with Crippen molar-refractivity contribution in [1.82, 2.24) is 14.8 Å². The van der Waals surface area contributed by atoms with Gasteiger partial charge in [-0.25, -0.2) is 4.68 Å². The number of H-pyrrole nitrogens is 1. The number of rotatable bonds is 2. The van der Waals surface area contributed by atoms with Gasteiger partial charge in [-0.1, -0.05) is 48.0 Å². The van der Waals surface area contributed by atoms with E-state index in [1.165, 1.54) is 5.56 Å². The highest BCUT2D eigenvalue weighted by molar-refractivity contribution is 5.95. The second kappa shape index (κ2) is 5.49. The molecule has 4 aromatic rings. The summed E-state index contributed by atoms with van der Waals surface area (Å²) in [7, 11) is 0. The molecule has 0 unspecified atom stereocenters. The highest BCUT2D eigenvalue weighted by Crippen LogP contribution is 2.30. The highest BCUT2D eigenvalue weighted by Gasteiger charge is 2.15. The van der Waals surface area contributed by atoms with Gasteiger partial charge in [0.15, 0.2) is 0 Å². The summed E-state index contributed by atoms with van der Waals surface area (Å²) in [4.78, 5) is 15.2. The number of nitrogens with zero attached hydrogens (tertiary/aromatic N) is 2. The lowest BCUT2D eigenvalue weighted by atomic mass is 10.0. The van der Waals surface area contributed by atoms with E-state index in [1.54, 1.807) is 10.7 Å². The molecule has 2 aromatic carbocycles. The Kier molecular flexibility index (Phi) is 3.31. The molecule has 0 spiro atoms. The van der Waals surface area contributed by atoms with E-state index in [0.29, 0.717) is 0 Å². The number of aromatic nitrogens is 3. The third-order valence-electron chi connectivity index (χ3n) is 4.21. The molecule has 4 nitrogen and oxygen atoms in total. The minimum Gasteiger partial charge on any atom is -0.306 e. The van der Waals surface area contributed by atoms with Crippen molar-refractivity contribution in [3.05, 3.63) is 82.3 Å². The van der Waals surface area contributed by atoms with Crippen LogP contribution in [0.5, 0.6) is 0 Å². The molecule has 4 rings (SSSR count). The van der Waals surface area contributed by atoms with Crippen LogP contribution in [0.1, 0.15) is 11.3 Å². The number of pyridine rings is 1. The van der Waals surface area contributed by atoms with E-state index in [4.69, 9.17) is 0 Å². The summed E-state index contributed by atoms with van der Waals surface area (Å²) in [5.41, 5.74) is 5.53. The number of hydrogen-bond donors (Lipinski definition) is 1. The maximum absolute atomic E-state index is 12.2. The van der Waals surface area contributed by atoms with E-state index in [0.717, 1.165) is 33.5 Å². The fourth-order valence-electron chi connectivity index (χ4n) is 3.04. The summed E-state index contributed by atoms with van der Waals surface area (Å²) in [6.07, 6.45) is 0. The average Bonchev–Trinajstić information content (AvgIpc) is 2.92. The molecule has 2 aromatic heterocycles. The molecule has 0 atom stereocenters. The van der Waals surface area contributed by atoms with E-state index in [1.807, 2.05) is 49.4 Å². The van der Waals surface area contributed by atoms with Gasteiger partial charge >= 0.3 is 0 Å². The highest BCUT2D eigenvalue weighted by atomic mass is 16.1. The number of aromatic amines is 1. The predicted octanol–water partition coefficient (Wildman–Crippen LogP) is 4.00. The number of nitrogens with one attached hydrogen (secondary N) is 1. The summed E-state index contributed by atoms with van der Waals surface area (Å²) in [6, 6.07) is 19.7. The summed E-state index contributed by atoms with van der Waals surface area (Å²) in [6.45, 7) is 4.02. The molecule has 0 aliphatic rings. The van der Waals surface area contributed by atoms with Crippen LogP contribution < -0.4 is 5.56 Å². The molecular formula is C20H17N3O. The normalized spacial score (nSPS) is 11.1. The van der Waals surface area contributed by atoms with E-state index in [9.17, 15) is 4.79 Å². The topological polar surface area (TPSA) is 50.7 Å². The molecule has 2 heterocycles. The van der Waals surface area contributed by atoms with Crippen molar-refractivity contribution in [2.75, 3.05) is 0 Å². The van der Waals surface area contributed by atoms with Gasteiger partial charge in [0, 0.05) is 11.5 Å². The van der Waals surface area contributed by atoms with Crippen molar-refractivity contribution in [2.45, 2.75) is 13.8 Å². The zero-order valence-electron chi connectivity index (χ0n) is 13.6. The van der Waals surface area contributed by atoms with Gasteiger partial charge in [-0.3, -0.25) is 4.79 Å². The number of benzene rings is 2. The molecule has 0 saturated heterocycles. The van der Waals surface area contributed by atoms with Crippen molar-refractivity contribution in [1.29, 1.82) is 0 Å². The Hall–Kier alpha value is -3.14. The largest absolute Gasteiger partial charge is 0.306 e. The van der Waals surface area contributed by atoms with Gasteiger partial charge < -0.3 is 4.98 Å². The fourth-order valence-corrected chi connectivity index (χ4v) is 3.04. The second-order valence-electron chi connectivity index (χ2n) is 5.97. The molecule has 0 radical (unpaired) electrons. The Morgan fingerprint density at radius 3 is 2.38 bits per heavy atom. The molecular weight excluding hydrogens is 298 g/mol. The SMILES string of the molecule is Cc1ccc(-c2cc(=O)[nH]c3c2c(C)nn3-c2ccccc2)cc1. The molecule has 4 heteroatoms. The van der Waals surface area contributed by atoms with Gasteiger partial charge in [-0.2, -0.15) is 5.10 Å². The van der Waals surface area contributed by atoms with Crippen molar-refractivity contribution in [3.63, 3.8) is 0 Å². The van der Waals surface area contributed by atoms with Crippen molar-refractivity contribution >= 4 is 11.0 Å². The van der Waals surface area contributed by atoms with E-state index in [-0.39, 0.29) is 5.56 Å². The Morgan fingerprint density at radius 2 is 1.67 bits per heavy atom. The zero-order chi connectivity index (χ0) is 16.7. The van der Waals surface area contributed by atoms with Crippen molar-refractivity contribution < 1.29 is 0 Å². The van der Waals surface area contributed by atoms with Gasteiger partial charge in [0.05, 0.1) is 11.4 Å². The molecule has 118 valence electrons. The predicted molar refractivity (Wildman–Crippen MR) is 96.6 cm³/mol. The van der Waals surface area contributed by atoms with Crippen molar-refractivity contribution in [3.8, 4) is 16.8 Å². The summed E-state index contributed by atoms with van der Waals surface area (Å²) in [5.74, 6) is 0. The first-order valence-electron chi connectivity index (χ1n) is 7.88. The van der Waals surface area contributed by atoms with E-state index in [2.05, 4.69) is 29.1 Å². The van der Waals surface area contributed by atoms with Gasteiger partial charge in [-0.15, -0.1) is 0 Å². The molecule has 0 saturated carbocycles. The Balaban J connectivity index is 2.05. The second-order valence-corrected chi connectivity index (χ2v) is 5.97. The minimum absolute atomic E-state index is 0.129. The van der Waals surface area contributed by atoms with Gasteiger partial charge in [-0.05, 0) is 37.1 Å². The third kappa shape index (κ3) is 2.33. The van der Waals surface area contributed by atoms with Crippen LogP contribution in [0.2, 0.25) is 0 Å². The molecule has 0 aliphatic carbocycles. The first kappa shape index (κ1) is 14.5. The fraction of sp³-hybridized carbons (Fsp3) is 0.100. The van der Waals surface area contributed by atoms with Crippen LogP contribution in [0.25, 0.3) is 27.8 Å². The molecule has 24 heavy (non-hydrogen) atoms. The van der Waals surface area contributed by atoms with Gasteiger partial charge in [0.1, 0.15) is 5.65 Å². The van der Waals surface area contributed by atoms with Gasteiger partial charge in [0.2, 0.25) is 5.56 Å². The molecule has 0 bridgehead atoms. The van der Waals surface area contributed by atoms with Crippen molar-refractivity contribution in [2.24, 2.45) is 0 Å². The lowest BCUT2D eigenvalue weighted by Crippen LogP contribution is -2.07. The van der Waals surface area contributed by atoms with Crippen LogP contribution in [-0.2, 0) is 0 Å².